The Kier molecular flexibility index (Phi) is 4.73. The molecule has 0 aliphatic carbocycles. The number of furan rings is 1. The molecule has 0 fully saturated rings. The van der Waals surface area contributed by atoms with Crippen LogP contribution in [0.25, 0.3) is 11.0 Å². The van der Waals surface area contributed by atoms with E-state index in [9.17, 15) is 9.18 Å². The summed E-state index contributed by atoms with van der Waals surface area (Å²) in [6, 6.07) is 3.43. The van der Waals surface area contributed by atoms with Crippen molar-refractivity contribution in [2.75, 3.05) is 11.1 Å². The highest BCUT2D eigenvalue weighted by Gasteiger charge is 2.33. The molecule has 0 radical (unpaired) electrons. The van der Waals surface area contributed by atoms with Crippen LogP contribution >= 0.6 is 0 Å². The molecule has 4 N–H and O–H groups in total. The Morgan fingerprint density at radius 2 is 1.93 bits per heavy atom. The highest BCUT2D eigenvalue weighted by Crippen LogP contribution is 2.38. The van der Waals surface area contributed by atoms with Crippen molar-refractivity contribution in [1.29, 1.82) is 0 Å². The lowest BCUT2D eigenvalue weighted by Crippen LogP contribution is -2.39. The van der Waals surface area contributed by atoms with E-state index in [1.807, 2.05) is 27.7 Å². The topological polar surface area (TPSA) is 106 Å². The van der Waals surface area contributed by atoms with Gasteiger partial charge in [0.25, 0.3) is 0 Å². The summed E-state index contributed by atoms with van der Waals surface area (Å²) in [6.07, 6.45) is 2.81. The first kappa shape index (κ1) is 18.6. The molecule has 2 aromatic heterocycles. The summed E-state index contributed by atoms with van der Waals surface area (Å²) in [6.45, 7) is 7.78. The van der Waals surface area contributed by atoms with E-state index in [0.717, 1.165) is 5.56 Å². The van der Waals surface area contributed by atoms with Crippen LogP contribution in [0.2, 0.25) is 0 Å². The van der Waals surface area contributed by atoms with Gasteiger partial charge in [-0.2, -0.15) is 0 Å². The summed E-state index contributed by atoms with van der Waals surface area (Å²) in [7, 11) is 0. The van der Waals surface area contributed by atoms with E-state index in [4.69, 9.17) is 10.2 Å². The predicted molar refractivity (Wildman–Crippen MR) is 102 cm³/mol. The molecule has 1 unspecified atom stereocenters. The van der Waals surface area contributed by atoms with E-state index in [0.29, 0.717) is 22.4 Å². The normalized spacial score (nSPS) is 12.8. The summed E-state index contributed by atoms with van der Waals surface area (Å²) in [4.78, 5) is 20.4. The van der Waals surface area contributed by atoms with E-state index in [1.54, 1.807) is 6.07 Å². The lowest BCUT2D eigenvalue weighted by Gasteiger charge is -2.30. The minimum Gasteiger partial charge on any atom is -0.459 e. The number of halogens is 1. The van der Waals surface area contributed by atoms with Crippen LogP contribution in [0.3, 0.4) is 0 Å². The fourth-order valence-corrected chi connectivity index (χ4v) is 2.83. The molecule has 27 heavy (non-hydrogen) atoms. The smallest absolute Gasteiger partial charge is 0.322 e. The maximum absolute atomic E-state index is 13.6. The van der Waals surface area contributed by atoms with Crippen molar-refractivity contribution in [1.82, 2.24) is 15.3 Å². The van der Waals surface area contributed by atoms with Crippen molar-refractivity contribution in [3.63, 3.8) is 0 Å². The molecular weight excluding hydrogens is 349 g/mol. The number of nitrogen functional groups attached to an aromatic ring is 1. The number of anilines is 2. The Morgan fingerprint density at radius 3 is 2.56 bits per heavy atom. The molecule has 0 saturated carbocycles. The monoisotopic (exact) mass is 371 g/mol. The Hall–Kier alpha value is -3.16. The average Bonchev–Trinajstić information content (AvgIpc) is 2.90. The van der Waals surface area contributed by atoms with Gasteiger partial charge in [0.05, 0.1) is 24.1 Å². The zero-order valence-electron chi connectivity index (χ0n) is 15.6. The third-order valence-corrected chi connectivity index (χ3v) is 4.24. The number of fused-ring (bicyclic) bond motifs is 1. The number of rotatable bonds is 3. The first-order valence-corrected chi connectivity index (χ1v) is 8.49. The number of carbonyl (C=O) groups is 1. The summed E-state index contributed by atoms with van der Waals surface area (Å²) >= 11 is 0. The fraction of sp³-hybridized carbons (Fsp3) is 0.316. The van der Waals surface area contributed by atoms with Crippen LogP contribution in [0.1, 0.15) is 38.1 Å². The van der Waals surface area contributed by atoms with Gasteiger partial charge in [0.2, 0.25) is 5.95 Å². The quantitative estimate of drug-likeness (QED) is 0.641. The molecule has 3 aromatic rings. The molecule has 3 rings (SSSR count). The molecule has 1 aromatic carbocycles. The van der Waals surface area contributed by atoms with Crippen molar-refractivity contribution >= 4 is 28.6 Å². The molecule has 1 atom stereocenters. The second-order valence-corrected chi connectivity index (χ2v) is 7.47. The number of hydrogen-bond acceptors (Lipinski definition) is 5. The molecule has 2 heterocycles. The van der Waals surface area contributed by atoms with Crippen molar-refractivity contribution in [3.8, 4) is 0 Å². The van der Waals surface area contributed by atoms with E-state index in [1.165, 1.54) is 24.5 Å². The molecule has 0 aliphatic heterocycles. The van der Waals surface area contributed by atoms with Gasteiger partial charge in [-0.15, -0.1) is 0 Å². The Balaban J connectivity index is 1.89. The SMILES string of the molecule is Cc1c(C(NC(=O)Nc2ncc(N)cn2)C(C)(C)C)oc2ccc(F)cc12. The second kappa shape index (κ2) is 6.86. The average molecular weight is 371 g/mol. The van der Waals surface area contributed by atoms with Crippen LogP contribution in [0.15, 0.2) is 35.0 Å². The van der Waals surface area contributed by atoms with Crippen LogP contribution in [-0.2, 0) is 0 Å². The minimum atomic E-state index is -0.481. The number of nitrogens with zero attached hydrogens (tertiary/aromatic N) is 2. The van der Waals surface area contributed by atoms with Crippen LogP contribution in [0.5, 0.6) is 0 Å². The van der Waals surface area contributed by atoms with Gasteiger partial charge in [-0.1, -0.05) is 20.8 Å². The number of benzene rings is 1. The first-order chi connectivity index (χ1) is 12.6. The van der Waals surface area contributed by atoms with E-state index in [2.05, 4.69) is 20.6 Å². The van der Waals surface area contributed by atoms with Crippen LogP contribution in [-0.4, -0.2) is 16.0 Å². The Morgan fingerprint density at radius 1 is 1.26 bits per heavy atom. The van der Waals surface area contributed by atoms with Gasteiger partial charge in [0, 0.05) is 10.9 Å². The number of carbonyl (C=O) groups excluding carboxylic acids is 1. The van der Waals surface area contributed by atoms with Gasteiger partial charge in [0.15, 0.2) is 0 Å². The molecular formula is C19H22FN5O2. The van der Waals surface area contributed by atoms with Gasteiger partial charge < -0.3 is 15.5 Å². The molecule has 0 spiro atoms. The molecule has 142 valence electrons. The van der Waals surface area contributed by atoms with Crippen LogP contribution < -0.4 is 16.4 Å². The van der Waals surface area contributed by atoms with Crippen molar-refractivity contribution in [2.24, 2.45) is 5.41 Å². The second-order valence-electron chi connectivity index (χ2n) is 7.47. The molecule has 0 bridgehead atoms. The molecule has 0 aliphatic rings. The number of amides is 2. The van der Waals surface area contributed by atoms with Gasteiger partial charge in [0.1, 0.15) is 17.2 Å². The highest BCUT2D eigenvalue weighted by molar-refractivity contribution is 5.88. The number of nitrogens with one attached hydrogen (secondary N) is 2. The number of aryl methyl sites for hydroxylation is 1. The number of hydrogen-bond donors (Lipinski definition) is 3. The van der Waals surface area contributed by atoms with Crippen LogP contribution in [0.4, 0.5) is 20.8 Å². The van der Waals surface area contributed by atoms with Crippen molar-refractivity contribution in [3.05, 3.63) is 47.7 Å². The number of urea groups is 1. The maximum atomic E-state index is 13.6. The zero-order chi connectivity index (χ0) is 19.8. The van der Waals surface area contributed by atoms with E-state index < -0.39 is 12.1 Å². The Bertz CT molecular complexity index is 976. The summed E-state index contributed by atoms with van der Waals surface area (Å²) in [5, 5.41) is 6.16. The molecule has 2 amide bonds. The van der Waals surface area contributed by atoms with Crippen molar-refractivity contribution < 1.29 is 13.6 Å². The van der Waals surface area contributed by atoms with E-state index in [-0.39, 0.29) is 17.2 Å². The highest BCUT2D eigenvalue weighted by atomic mass is 19.1. The van der Waals surface area contributed by atoms with Crippen molar-refractivity contribution in [2.45, 2.75) is 33.7 Å². The summed E-state index contributed by atoms with van der Waals surface area (Å²) in [5.41, 5.74) is 6.94. The zero-order valence-corrected chi connectivity index (χ0v) is 15.6. The van der Waals surface area contributed by atoms with Crippen LogP contribution in [0, 0.1) is 18.2 Å². The van der Waals surface area contributed by atoms with Gasteiger partial charge in [-0.05, 0) is 30.5 Å². The standard InChI is InChI=1S/C19H22FN5O2/c1-10-13-7-11(20)5-6-14(13)27-15(10)16(19(2,3)4)24-18(26)25-17-22-8-12(21)9-23-17/h5-9,16H,21H2,1-4H3,(H2,22,23,24,25,26). The Labute approximate surface area is 156 Å². The predicted octanol–water partition coefficient (Wildman–Crippen LogP) is 4.16. The third kappa shape index (κ3) is 3.99. The first-order valence-electron chi connectivity index (χ1n) is 8.49. The largest absolute Gasteiger partial charge is 0.459 e. The molecule has 0 saturated heterocycles. The van der Waals surface area contributed by atoms with E-state index >= 15 is 0 Å². The lowest BCUT2D eigenvalue weighted by atomic mass is 9.84. The third-order valence-electron chi connectivity index (χ3n) is 4.24. The maximum Gasteiger partial charge on any atom is 0.322 e. The number of aromatic nitrogens is 2. The van der Waals surface area contributed by atoms with Gasteiger partial charge >= 0.3 is 6.03 Å². The lowest BCUT2D eigenvalue weighted by molar-refractivity contribution is 0.217. The van der Waals surface area contributed by atoms with Gasteiger partial charge in [-0.3, -0.25) is 5.32 Å². The minimum absolute atomic E-state index is 0.137. The fourth-order valence-electron chi connectivity index (χ4n) is 2.83. The molecule has 8 heteroatoms. The van der Waals surface area contributed by atoms with Gasteiger partial charge in [-0.25, -0.2) is 19.2 Å². The molecule has 7 nitrogen and oxygen atoms in total. The summed E-state index contributed by atoms with van der Waals surface area (Å²) in [5.74, 6) is 0.380. The number of nitrogens with two attached hydrogens (primary N) is 1. The summed E-state index contributed by atoms with van der Waals surface area (Å²) < 4.78 is 19.5.